The van der Waals surface area contributed by atoms with Gasteiger partial charge < -0.3 is 20.1 Å². The van der Waals surface area contributed by atoms with E-state index >= 15 is 0 Å². The minimum atomic E-state index is 0. The number of aliphatic imine (C=N–C) groups is 1. The van der Waals surface area contributed by atoms with Crippen molar-refractivity contribution >= 4 is 41.7 Å². The zero-order valence-corrected chi connectivity index (χ0v) is 19.4. The Bertz CT molecular complexity index is 335. The molecule has 0 aromatic rings. The van der Waals surface area contributed by atoms with Gasteiger partial charge in [0.05, 0.1) is 6.54 Å². The van der Waals surface area contributed by atoms with E-state index in [1.165, 1.54) is 6.42 Å². The summed E-state index contributed by atoms with van der Waals surface area (Å²) in [5.41, 5.74) is 0. The van der Waals surface area contributed by atoms with E-state index in [9.17, 15) is 0 Å². The van der Waals surface area contributed by atoms with Crippen molar-refractivity contribution in [3.8, 4) is 0 Å². The fourth-order valence-electron chi connectivity index (χ4n) is 2.69. The number of hydrogen-bond donors (Lipinski definition) is 2. The summed E-state index contributed by atoms with van der Waals surface area (Å²) in [5.74, 6) is 2.06. The monoisotopic (exact) mass is 487 g/mol. The Hall–Kier alpha value is 0.270. The molecule has 0 saturated carbocycles. The van der Waals surface area contributed by atoms with Crippen LogP contribution in [0.2, 0.25) is 0 Å². The molecule has 0 aromatic carbocycles. The van der Waals surface area contributed by atoms with Gasteiger partial charge in [-0.3, -0.25) is 4.99 Å². The lowest BCUT2D eigenvalue weighted by Gasteiger charge is -2.35. The second-order valence-electron chi connectivity index (χ2n) is 6.17. The summed E-state index contributed by atoms with van der Waals surface area (Å²) >= 11 is 2.04. The molecule has 0 amide bonds. The van der Waals surface area contributed by atoms with Gasteiger partial charge in [-0.05, 0) is 38.4 Å². The molecule has 0 atom stereocenters. The first kappa shape index (κ1) is 25.3. The van der Waals surface area contributed by atoms with Gasteiger partial charge >= 0.3 is 0 Å². The van der Waals surface area contributed by atoms with E-state index in [1.807, 2.05) is 11.8 Å². The van der Waals surface area contributed by atoms with Gasteiger partial charge in [0.15, 0.2) is 5.96 Å². The second kappa shape index (κ2) is 16.4. The molecule has 0 aromatic heterocycles. The van der Waals surface area contributed by atoms with Crippen LogP contribution >= 0.6 is 35.7 Å². The predicted octanol–water partition coefficient (Wildman–Crippen LogP) is 3.67. The molecule has 1 rings (SSSR count). The van der Waals surface area contributed by atoms with Crippen molar-refractivity contribution in [2.24, 2.45) is 4.99 Å². The fourth-order valence-corrected chi connectivity index (χ4v) is 3.92. The highest BCUT2D eigenvalue weighted by Crippen LogP contribution is 2.35. The van der Waals surface area contributed by atoms with Gasteiger partial charge in [0.1, 0.15) is 0 Å². The number of halogens is 1. The molecule has 7 heteroatoms. The standard InChI is InChI=1S/C18H37N3O2S.HI/c1-4-7-12-22-13-8-11-20-17(19-5-2)21-16-18(24-6-3)9-14-23-15-10-18;/h4-16H2,1-3H3,(H2,19,20,21);1H. The van der Waals surface area contributed by atoms with E-state index in [2.05, 4.69) is 31.4 Å². The zero-order valence-electron chi connectivity index (χ0n) is 16.3. The summed E-state index contributed by atoms with van der Waals surface area (Å²) in [7, 11) is 0. The summed E-state index contributed by atoms with van der Waals surface area (Å²) in [6.45, 7) is 12.6. The second-order valence-corrected chi connectivity index (χ2v) is 7.90. The van der Waals surface area contributed by atoms with E-state index in [4.69, 9.17) is 14.5 Å². The van der Waals surface area contributed by atoms with Crippen molar-refractivity contribution in [2.45, 2.75) is 57.6 Å². The van der Waals surface area contributed by atoms with Crippen molar-refractivity contribution in [1.29, 1.82) is 0 Å². The Kier molecular flexibility index (Phi) is 16.6. The van der Waals surface area contributed by atoms with Gasteiger partial charge in [-0.15, -0.1) is 24.0 Å². The molecule has 1 aliphatic heterocycles. The number of nitrogens with zero attached hydrogens (tertiary/aromatic N) is 1. The normalized spacial score (nSPS) is 17.0. The van der Waals surface area contributed by atoms with Crippen LogP contribution in [0.3, 0.4) is 0 Å². The highest BCUT2D eigenvalue weighted by molar-refractivity contribution is 14.0. The number of thioether (sulfide) groups is 1. The minimum absolute atomic E-state index is 0. The van der Waals surface area contributed by atoms with Gasteiger partial charge in [0.2, 0.25) is 0 Å². The Morgan fingerprint density at radius 1 is 1.12 bits per heavy atom. The van der Waals surface area contributed by atoms with Crippen LogP contribution < -0.4 is 10.6 Å². The highest BCUT2D eigenvalue weighted by atomic mass is 127. The average Bonchev–Trinajstić information content (AvgIpc) is 2.60. The first-order valence-corrected chi connectivity index (χ1v) is 10.6. The molecule has 0 radical (unpaired) electrons. The summed E-state index contributed by atoms with van der Waals surface area (Å²) in [6, 6.07) is 0. The third-order valence-corrected chi connectivity index (χ3v) is 5.56. The summed E-state index contributed by atoms with van der Waals surface area (Å²) in [6.07, 6.45) is 5.55. The quantitative estimate of drug-likeness (QED) is 0.191. The fraction of sp³-hybridized carbons (Fsp3) is 0.944. The molecular weight excluding hydrogens is 449 g/mol. The smallest absolute Gasteiger partial charge is 0.191 e. The summed E-state index contributed by atoms with van der Waals surface area (Å²) < 4.78 is 11.4. The van der Waals surface area contributed by atoms with E-state index < -0.39 is 0 Å². The minimum Gasteiger partial charge on any atom is -0.381 e. The zero-order chi connectivity index (χ0) is 17.5. The molecule has 1 aliphatic rings. The molecule has 25 heavy (non-hydrogen) atoms. The maximum absolute atomic E-state index is 5.60. The van der Waals surface area contributed by atoms with Gasteiger partial charge in [-0.1, -0.05) is 20.3 Å². The third kappa shape index (κ3) is 11.6. The molecule has 150 valence electrons. The summed E-state index contributed by atoms with van der Waals surface area (Å²) in [5, 5.41) is 6.78. The van der Waals surface area contributed by atoms with E-state index in [-0.39, 0.29) is 28.7 Å². The van der Waals surface area contributed by atoms with Crippen molar-refractivity contribution in [3.63, 3.8) is 0 Å². The number of nitrogens with one attached hydrogen (secondary N) is 2. The van der Waals surface area contributed by atoms with Crippen molar-refractivity contribution in [3.05, 3.63) is 0 Å². The van der Waals surface area contributed by atoms with Crippen LogP contribution in [0.15, 0.2) is 4.99 Å². The molecule has 5 nitrogen and oxygen atoms in total. The van der Waals surface area contributed by atoms with Crippen LogP contribution in [0, 0.1) is 0 Å². The Balaban J connectivity index is 0.00000576. The molecule has 1 fully saturated rings. The van der Waals surface area contributed by atoms with Gasteiger partial charge in [0.25, 0.3) is 0 Å². The Labute approximate surface area is 175 Å². The van der Waals surface area contributed by atoms with E-state index in [0.717, 1.165) is 83.5 Å². The molecule has 0 spiro atoms. The lowest BCUT2D eigenvalue weighted by Crippen LogP contribution is -2.41. The maximum atomic E-state index is 5.60. The topological polar surface area (TPSA) is 54.9 Å². The van der Waals surface area contributed by atoms with Crippen LogP contribution in [0.25, 0.3) is 0 Å². The molecule has 0 unspecified atom stereocenters. The number of hydrogen-bond acceptors (Lipinski definition) is 4. The highest BCUT2D eigenvalue weighted by Gasteiger charge is 2.32. The van der Waals surface area contributed by atoms with E-state index in [1.54, 1.807) is 0 Å². The molecule has 1 saturated heterocycles. The molecule has 0 aliphatic carbocycles. The number of guanidine groups is 1. The molecular formula is C18H38IN3O2S. The van der Waals surface area contributed by atoms with Crippen molar-refractivity contribution in [2.75, 3.05) is 51.8 Å². The Morgan fingerprint density at radius 3 is 2.48 bits per heavy atom. The largest absolute Gasteiger partial charge is 0.381 e. The van der Waals surface area contributed by atoms with Crippen molar-refractivity contribution in [1.82, 2.24) is 10.6 Å². The lowest BCUT2D eigenvalue weighted by atomic mass is 9.99. The average molecular weight is 487 g/mol. The third-order valence-electron chi connectivity index (χ3n) is 4.12. The number of unbranched alkanes of at least 4 members (excludes halogenated alkanes) is 1. The predicted molar refractivity (Wildman–Crippen MR) is 121 cm³/mol. The Morgan fingerprint density at radius 2 is 1.84 bits per heavy atom. The van der Waals surface area contributed by atoms with Crippen LogP contribution in [-0.4, -0.2) is 62.5 Å². The van der Waals surface area contributed by atoms with E-state index in [0.29, 0.717) is 0 Å². The molecule has 0 bridgehead atoms. The number of rotatable bonds is 12. The van der Waals surface area contributed by atoms with Gasteiger partial charge in [0, 0.05) is 44.3 Å². The maximum Gasteiger partial charge on any atom is 0.191 e. The first-order valence-electron chi connectivity index (χ1n) is 9.58. The first-order chi connectivity index (χ1) is 11.8. The summed E-state index contributed by atoms with van der Waals surface area (Å²) in [4.78, 5) is 4.85. The SMILES string of the molecule is CCCCOCCCNC(=NCC1(SCC)CCOCC1)NCC.I. The number of ether oxygens (including phenoxy) is 2. The lowest BCUT2D eigenvalue weighted by molar-refractivity contribution is 0.0793. The molecule has 1 heterocycles. The van der Waals surface area contributed by atoms with Gasteiger partial charge in [-0.25, -0.2) is 0 Å². The van der Waals surface area contributed by atoms with Crippen LogP contribution in [-0.2, 0) is 9.47 Å². The van der Waals surface area contributed by atoms with Crippen LogP contribution in [0.4, 0.5) is 0 Å². The van der Waals surface area contributed by atoms with Crippen LogP contribution in [0.5, 0.6) is 0 Å². The molecule has 2 N–H and O–H groups in total. The van der Waals surface area contributed by atoms with Crippen LogP contribution in [0.1, 0.15) is 52.9 Å². The van der Waals surface area contributed by atoms with Gasteiger partial charge in [-0.2, -0.15) is 11.8 Å². The van der Waals surface area contributed by atoms with Crippen molar-refractivity contribution < 1.29 is 9.47 Å².